The van der Waals surface area contributed by atoms with Gasteiger partial charge in [-0.15, -0.1) is 0 Å². The van der Waals surface area contributed by atoms with Gasteiger partial charge in [0.05, 0.1) is 25.7 Å². The van der Waals surface area contributed by atoms with Gasteiger partial charge in [-0.2, -0.15) is 0 Å². The predicted octanol–water partition coefficient (Wildman–Crippen LogP) is 0.743. The fraction of sp³-hybridized carbons (Fsp3) is 0.652. The van der Waals surface area contributed by atoms with Gasteiger partial charge in [-0.1, -0.05) is 30.3 Å². The van der Waals surface area contributed by atoms with Crippen LogP contribution in [-0.2, 0) is 20.7 Å². The third kappa shape index (κ3) is 5.39. The van der Waals surface area contributed by atoms with E-state index in [-0.39, 0.29) is 24.3 Å². The maximum Gasteiger partial charge on any atom is 0.237 e. The zero-order chi connectivity index (χ0) is 20.8. The molecule has 0 saturated carbocycles. The van der Waals surface area contributed by atoms with Gasteiger partial charge >= 0.3 is 0 Å². The molecule has 1 unspecified atom stereocenters. The molecule has 30 heavy (non-hydrogen) atoms. The molecular formula is C23H34N4O3. The molecule has 0 aromatic heterocycles. The van der Waals surface area contributed by atoms with Crippen LogP contribution in [0.1, 0.15) is 24.8 Å². The van der Waals surface area contributed by atoms with Crippen LogP contribution in [0.4, 0.5) is 0 Å². The van der Waals surface area contributed by atoms with Gasteiger partial charge in [0.1, 0.15) is 0 Å². The Balaban J connectivity index is 1.28. The highest BCUT2D eigenvalue weighted by molar-refractivity contribution is 5.88. The molecule has 4 rings (SSSR count). The molecule has 3 saturated heterocycles. The Hall–Kier alpha value is -1.96. The van der Waals surface area contributed by atoms with Crippen LogP contribution in [0.5, 0.6) is 0 Å². The van der Waals surface area contributed by atoms with Gasteiger partial charge < -0.3 is 15.0 Å². The monoisotopic (exact) mass is 414 g/mol. The lowest BCUT2D eigenvalue weighted by Crippen LogP contribution is -2.57. The summed E-state index contributed by atoms with van der Waals surface area (Å²) in [7, 11) is 0. The minimum absolute atomic E-state index is 0.00846. The van der Waals surface area contributed by atoms with E-state index in [2.05, 4.69) is 27.2 Å². The Kier molecular flexibility index (Phi) is 7.36. The van der Waals surface area contributed by atoms with Crippen LogP contribution in [0, 0.1) is 0 Å². The van der Waals surface area contributed by atoms with Gasteiger partial charge in [-0.3, -0.25) is 19.4 Å². The smallest absolute Gasteiger partial charge is 0.237 e. The number of morpholine rings is 1. The number of amides is 2. The Bertz CT molecular complexity index is 700. The maximum atomic E-state index is 13.0. The number of piperidine rings is 1. The van der Waals surface area contributed by atoms with Gasteiger partial charge in [0.15, 0.2) is 0 Å². The number of rotatable bonds is 6. The molecule has 164 valence electrons. The molecule has 0 spiro atoms. The summed E-state index contributed by atoms with van der Waals surface area (Å²) in [6.07, 6.45) is 3.20. The lowest BCUT2D eigenvalue weighted by atomic mass is 10.0. The molecule has 0 aliphatic carbocycles. The van der Waals surface area contributed by atoms with Crippen LogP contribution >= 0.6 is 0 Å². The number of nitrogens with one attached hydrogen (secondary N) is 1. The Labute approximate surface area is 179 Å². The lowest BCUT2D eigenvalue weighted by Gasteiger charge is -2.41. The maximum absolute atomic E-state index is 13.0. The number of piperazine rings is 1. The first kappa shape index (κ1) is 21.3. The van der Waals surface area contributed by atoms with Crippen molar-refractivity contribution in [2.75, 3.05) is 59.0 Å². The lowest BCUT2D eigenvalue weighted by molar-refractivity contribution is -0.140. The normalized spacial score (nSPS) is 24.6. The highest BCUT2D eigenvalue weighted by Gasteiger charge is 2.34. The molecule has 2 amide bonds. The second-order valence-electron chi connectivity index (χ2n) is 8.54. The molecule has 1 N–H and O–H groups in total. The zero-order valence-corrected chi connectivity index (χ0v) is 17.8. The summed E-state index contributed by atoms with van der Waals surface area (Å²) in [5.41, 5.74) is 1.26. The molecule has 3 fully saturated rings. The minimum Gasteiger partial charge on any atom is -0.379 e. The molecule has 0 bridgehead atoms. The molecule has 3 aliphatic heterocycles. The summed E-state index contributed by atoms with van der Waals surface area (Å²) in [5, 5.41) is 2.95. The van der Waals surface area contributed by atoms with Gasteiger partial charge in [-0.25, -0.2) is 0 Å². The zero-order valence-electron chi connectivity index (χ0n) is 17.8. The van der Waals surface area contributed by atoms with Crippen molar-refractivity contribution in [1.29, 1.82) is 0 Å². The first-order valence-electron chi connectivity index (χ1n) is 11.4. The summed E-state index contributed by atoms with van der Waals surface area (Å²) >= 11 is 0. The van der Waals surface area contributed by atoms with Crippen LogP contribution in [0.25, 0.3) is 0 Å². The molecule has 0 radical (unpaired) electrons. The second kappa shape index (κ2) is 10.4. The molecule has 7 nitrogen and oxygen atoms in total. The van der Waals surface area contributed by atoms with Crippen LogP contribution in [0.3, 0.4) is 0 Å². The van der Waals surface area contributed by atoms with E-state index < -0.39 is 0 Å². The number of benzene rings is 1. The van der Waals surface area contributed by atoms with Crippen LogP contribution in [0.2, 0.25) is 0 Å². The molecule has 7 heteroatoms. The summed E-state index contributed by atoms with van der Waals surface area (Å²) in [5.74, 6) is 0.105. The van der Waals surface area contributed by atoms with Crippen molar-refractivity contribution in [3.8, 4) is 0 Å². The van der Waals surface area contributed by atoms with Crippen molar-refractivity contribution in [3.05, 3.63) is 35.9 Å². The first-order valence-corrected chi connectivity index (χ1v) is 11.4. The topological polar surface area (TPSA) is 65.1 Å². The van der Waals surface area contributed by atoms with E-state index in [1.54, 1.807) is 0 Å². The number of carbonyl (C=O) groups excluding carboxylic acids is 2. The van der Waals surface area contributed by atoms with E-state index in [0.29, 0.717) is 12.6 Å². The fourth-order valence-corrected chi connectivity index (χ4v) is 4.89. The van der Waals surface area contributed by atoms with Crippen molar-refractivity contribution in [3.63, 3.8) is 0 Å². The molecular weight excluding hydrogens is 380 g/mol. The van der Waals surface area contributed by atoms with E-state index in [0.717, 1.165) is 71.7 Å². The van der Waals surface area contributed by atoms with Gasteiger partial charge in [0.25, 0.3) is 0 Å². The van der Waals surface area contributed by atoms with E-state index in [1.165, 1.54) is 5.56 Å². The van der Waals surface area contributed by atoms with Crippen LogP contribution < -0.4 is 5.32 Å². The van der Waals surface area contributed by atoms with Crippen molar-refractivity contribution in [2.24, 2.45) is 0 Å². The molecule has 1 aromatic carbocycles. The van der Waals surface area contributed by atoms with Gasteiger partial charge in [0.2, 0.25) is 11.8 Å². The molecule has 1 atom stereocenters. The Morgan fingerprint density at radius 2 is 1.77 bits per heavy atom. The van der Waals surface area contributed by atoms with E-state index in [4.69, 9.17) is 4.74 Å². The highest BCUT2D eigenvalue weighted by Crippen LogP contribution is 2.20. The minimum atomic E-state index is -0.355. The average molecular weight is 415 g/mol. The summed E-state index contributed by atoms with van der Waals surface area (Å²) < 4.78 is 5.45. The highest BCUT2D eigenvalue weighted by atomic mass is 16.5. The standard InChI is InChI=1S/C23H34N4O3/c28-22(27-11-7-20(8-12-27)25-14-16-30-17-15-25)18-21-23(29)24-9-13-26(21)10-6-19-4-2-1-3-5-19/h1-5,20-21H,6-18H2,(H,24,29). The van der Waals surface area contributed by atoms with Crippen molar-refractivity contribution in [2.45, 2.75) is 37.8 Å². The quantitative estimate of drug-likeness (QED) is 0.744. The van der Waals surface area contributed by atoms with Crippen LogP contribution in [0.15, 0.2) is 30.3 Å². The third-order valence-corrected chi connectivity index (χ3v) is 6.72. The Morgan fingerprint density at radius 1 is 1.03 bits per heavy atom. The van der Waals surface area contributed by atoms with Crippen LogP contribution in [-0.4, -0.2) is 97.6 Å². The molecule has 3 aliphatic rings. The number of ether oxygens (including phenoxy) is 1. The van der Waals surface area contributed by atoms with Crippen molar-refractivity contribution >= 4 is 11.8 Å². The van der Waals surface area contributed by atoms with Crippen molar-refractivity contribution in [1.82, 2.24) is 20.0 Å². The SMILES string of the molecule is O=C1NCCN(CCc2ccccc2)C1CC(=O)N1CCC(N2CCOCC2)CC1. The predicted molar refractivity (Wildman–Crippen MR) is 115 cm³/mol. The van der Waals surface area contributed by atoms with E-state index >= 15 is 0 Å². The van der Waals surface area contributed by atoms with Crippen molar-refractivity contribution < 1.29 is 14.3 Å². The second-order valence-corrected chi connectivity index (χ2v) is 8.54. The number of carbonyl (C=O) groups is 2. The number of hydrogen-bond donors (Lipinski definition) is 1. The van der Waals surface area contributed by atoms with Gasteiger partial charge in [0, 0.05) is 51.9 Å². The summed E-state index contributed by atoms with van der Waals surface area (Å²) in [6, 6.07) is 10.5. The molecule has 1 aromatic rings. The number of nitrogens with zero attached hydrogens (tertiary/aromatic N) is 3. The third-order valence-electron chi connectivity index (χ3n) is 6.72. The largest absolute Gasteiger partial charge is 0.379 e. The van der Waals surface area contributed by atoms with E-state index in [1.807, 2.05) is 23.1 Å². The summed E-state index contributed by atoms with van der Waals surface area (Å²) in [4.78, 5) is 32.2. The van der Waals surface area contributed by atoms with E-state index in [9.17, 15) is 9.59 Å². The first-order chi connectivity index (χ1) is 14.7. The Morgan fingerprint density at radius 3 is 2.50 bits per heavy atom. The number of likely N-dealkylation sites (tertiary alicyclic amines) is 1. The number of hydrogen-bond acceptors (Lipinski definition) is 5. The molecule has 3 heterocycles. The van der Waals surface area contributed by atoms with Gasteiger partial charge in [-0.05, 0) is 24.8 Å². The fourth-order valence-electron chi connectivity index (χ4n) is 4.89. The summed E-state index contributed by atoms with van der Waals surface area (Å²) in [6.45, 7) is 7.46. The average Bonchev–Trinajstić information content (AvgIpc) is 2.81.